The Morgan fingerprint density at radius 2 is 1.88 bits per heavy atom. The fourth-order valence-corrected chi connectivity index (χ4v) is 3.63. The van der Waals surface area contributed by atoms with Crippen LogP contribution in [0.4, 0.5) is 0 Å². The number of hydrogen-bond acceptors (Lipinski definition) is 3. The quantitative estimate of drug-likeness (QED) is 0.824. The average molecular weight is 325 g/mol. The van der Waals surface area contributed by atoms with Crippen molar-refractivity contribution in [3.63, 3.8) is 0 Å². The minimum absolute atomic E-state index is 0.104. The molecule has 0 bridgehead atoms. The van der Waals surface area contributed by atoms with Crippen molar-refractivity contribution in [1.29, 1.82) is 0 Å². The summed E-state index contributed by atoms with van der Waals surface area (Å²) in [6.07, 6.45) is 3.80. The van der Waals surface area contributed by atoms with Crippen molar-refractivity contribution in [3.05, 3.63) is 65.2 Å². The first-order valence-electron chi connectivity index (χ1n) is 8.93. The minimum atomic E-state index is -0.489. The number of unbranched alkanes of at least 4 members (excludes halogenated alkanes) is 1. The van der Waals surface area contributed by atoms with Crippen molar-refractivity contribution in [2.45, 2.75) is 44.8 Å². The summed E-state index contributed by atoms with van der Waals surface area (Å²) < 4.78 is 0. The van der Waals surface area contributed by atoms with Crippen molar-refractivity contribution >= 4 is 0 Å². The third kappa shape index (κ3) is 3.97. The van der Waals surface area contributed by atoms with Crippen molar-refractivity contribution in [3.8, 4) is 5.75 Å². The number of aryl methyl sites for hydroxylation is 1. The Kier molecular flexibility index (Phi) is 5.54. The molecule has 0 radical (unpaired) electrons. The summed E-state index contributed by atoms with van der Waals surface area (Å²) in [4.78, 5) is 2.38. The first-order chi connectivity index (χ1) is 11.6. The summed E-state index contributed by atoms with van der Waals surface area (Å²) in [5.41, 5.74) is 3.43. The summed E-state index contributed by atoms with van der Waals surface area (Å²) in [5, 5.41) is 20.4. The summed E-state index contributed by atoms with van der Waals surface area (Å²) in [5.74, 6) is 0.282. The number of aliphatic hydroxyl groups excluding tert-OH is 1. The van der Waals surface area contributed by atoms with Gasteiger partial charge in [-0.1, -0.05) is 36.4 Å². The van der Waals surface area contributed by atoms with E-state index < -0.39 is 6.10 Å². The summed E-state index contributed by atoms with van der Waals surface area (Å²) in [6.45, 7) is 4.04. The highest BCUT2D eigenvalue weighted by atomic mass is 16.3. The van der Waals surface area contributed by atoms with E-state index in [0.717, 1.165) is 49.9 Å². The first kappa shape index (κ1) is 17.0. The number of hydrogen-bond donors (Lipinski definition) is 2. The monoisotopic (exact) mass is 325 g/mol. The van der Waals surface area contributed by atoms with Gasteiger partial charge in [-0.2, -0.15) is 0 Å². The minimum Gasteiger partial charge on any atom is -0.508 e. The smallest absolute Gasteiger partial charge is 0.115 e. The standard InChI is InChI=1S/C21H27NO2/c1-16-21(24)20-11-10-19(23)15-18(20)12-14-22(16)13-6-5-9-17-7-3-2-4-8-17/h2-4,7-8,10-11,15-16,21,23-24H,5-6,9,12-14H2,1H3/t16-,21+/m0/s1. The lowest BCUT2D eigenvalue weighted by Gasteiger charge is -2.30. The van der Waals surface area contributed by atoms with Gasteiger partial charge in [0.1, 0.15) is 5.75 Å². The molecule has 3 nitrogen and oxygen atoms in total. The largest absolute Gasteiger partial charge is 0.508 e. The van der Waals surface area contributed by atoms with Crippen molar-refractivity contribution in [2.24, 2.45) is 0 Å². The SMILES string of the molecule is C[C@H]1[C@@H](O)c2ccc(O)cc2CCN1CCCCc1ccccc1. The second-order valence-electron chi connectivity index (χ2n) is 6.80. The molecule has 3 heteroatoms. The number of aromatic hydroxyl groups is 1. The topological polar surface area (TPSA) is 43.7 Å². The molecule has 0 spiro atoms. The van der Waals surface area contributed by atoms with Gasteiger partial charge in [-0.05, 0) is 68.0 Å². The summed E-state index contributed by atoms with van der Waals surface area (Å²) >= 11 is 0. The Hall–Kier alpha value is -1.84. The van der Waals surface area contributed by atoms with Crippen LogP contribution in [0.15, 0.2) is 48.5 Å². The molecule has 0 unspecified atom stereocenters. The Morgan fingerprint density at radius 1 is 1.08 bits per heavy atom. The van der Waals surface area contributed by atoms with Gasteiger partial charge in [0.2, 0.25) is 0 Å². The molecule has 1 aliphatic heterocycles. The maximum atomic E-state index is 10.7. The molecule has 2 atom stereocenters. The van der Waals surface area contributed by atoms with Gasteiger partial charge in [-0.3, -0.25) is 4.90 Å². The zero-order valence-corrected chi connectivity index (χ0v) is 14.4. The molecule has 1 heterocycles. The zero-order chi connectivity index (χ0) is 16.9. The molecule has 1 aliphatic rings. The fraction of sp³-hybridized carbons (Fsp3) is 0.429. The van der Waals surface area contributed by atoms with Crippen LogP contribution in [0, 0.1) is 0 Å². The van der Waals surface area contributed by atoms with Gasteiger partial charge in [0, 0.05) is 12.6 Å². The normalized spacial score (nSPS) is 21.2. The molecule has 2 N–H and O–H groups in total. The predicted molar refractivity (Wildman–Crippen MR) is 97.2 cm³/mol. The van der Waals surface area contributed by atoms with E-state index >= 15 is 0 Å². The lowest BCUT2D eigenvalue weighted by molar-refractivity contribution is 0.0635. The van der Waals surface area contributed by atoms with E-state index in [1.807, 2.05) is 6.07 Å². The highest BCUT2D eigenvalue weighted by molar-refractivity contribution is 5.37. The van der Waals surface area contributed by atoms with Crippen LogP contribution in [0.1, 0.15) is 42.6 Å². The second kappa shape index (κ2) is 7.82. The van der Waals surface area contributed by atoms with E-state index in [2.05, 4.69) is 42.2 Å². The van der Waals surface area contributed by atoms with E-state index in [9.17, 15) is 10.2 Å². The lowest BCUT2D eigenvalue weighted by atomic mass is 9.98. The van der Waals surface area contributed by atoms with Gasteiger partial charge in [0.15, 0.2) is 0 Å². The number of fused-ring (bicyclic) bond motifs is 1. The number of aliphatic hydroxyl groups is 1. The second-order valence-corrected chi connectivity index (χ2v) is 6.80. The lowest BCUT2D eigenvalue weighted by Crippen LogP contribution is -2.37. The van der Waals surface area contributed by atoms with Gasteiger partial charge in [-0.25, -0.2) is 0 Å². The molecule has 0 aliphatic carbocycles. The maximum Gasteiger partial charge on any atom is 0.115 e. The molecule has 24 heavy (non-hydrogen) atoms. The van der Waals surface area contributed by atoms with Crippen LogP contribution in [-0.2, 0) is 12.8 Å². The van der Waals surface area contributed by atoms with E-state index in [1.165, 1.54) is 5.56 Å². The number of nitrogens with zero attached hydrogens (tertiary/aromatic N) is 1. The van der Waals surface area contributed by atoms with Crippen LogP contribution in [-0.4, -0.2) is 34.2 Å². The van der Waals surface area contributed by atoms with Crippen LogP contribution in [0.2, 0.25) is 0 Å². The van der Waals surface area contributed by atoms with Gasteiger partial charge in [-0.15, -0.1) is 0 Å². The molecule has 0 aromatic heterocycles. The van der Waals surface area contributed by atoms with Gasteiger partial charge >= 0.3 is 0 Å². The molecular formula is C21H27NO2. The molecule has 2 aromatic rings. The molecule has 0 fully saturated rings. The molecule has 128 valence electrons. The zero-order valence-electron chi connectivity index (χ0n) is 14.4. The van der Waals surface area contributed by atoms with Crippen molar-refractivity contribution in [2.75, 3.05) is 13.1 Å². The number of phenols is 1. The molecule has 2 aromatic carbocycles. The molecule has 0 saturated carbocycles. The van der Waals surface area contributed by atoms with Crippen LogP contribution >= 0.6 is 0 Å². The van der Waals surface area contributed by atoms with Gasteiger partial charge < -0.3 is 10.2 Å². The van der Waals surface area contributed by atoms with Gasteiger partial charge in [0.25, 0.3) is 0 Å². The third-order valence-corrected chi connectivity index (χ3v) is 5.15. The van der Waals surface area contributed by atoms with Gasteiger partial charge in [0.05, 0.1) is 6.10 Å². The van der Waals surface area contributed by atoms with E-state index in [-0.39, 0.29) is 11.8 Å². The Bertz CT molecular complexity index is 656. The Morgan fingerprint density at radius 3 is 2.67 bits per heavy atom. The molecular weight excluding hydrogens is 298 g/mol. The summed E-state index contributed by atoms with van der Waals surface area (Å²) in [6, 6.07) is 16.0. The van der Waals surface area contributed by atoms with Crippen LogP contribution in [0.25, 0.3) is 0 Å². The summed E-state index contributed by atoms with van der Waals surface area (Å²) in [7, 11) is 0. The van der Waals surface area contributed by atoms with Crippen molar-refractivity contribution < 1.29 is 10.2 Å². The maximum absolute atomic E-state index is 10.7. The first-order valence-corrected chi connectivity index (χ1v) is 8.93. The highest BCUT2D eigenvalue weighted by Crippen LogP contribution is 2.30. The number of phenolic OH excluding ortho intramolecular Hbond substituents is 1. The Balaban J connectivity index is 1.55. The van der Waals surface area contributed by atoms with Crippen LogP contribution in [0.3, 0.4) is 0 Å². The molecule has 0 saturated heterocycles. The van der Waals surface area contributed by atoms with Crippen LogP contribution in [0.5, 0.6) is 5.75 Å². The van der Waals surface area contributed by atoms with E-state index in [1.54, 1.807) is 12.1 Å². The third-order valence-electron chi connectivity index (χ3n) is 5.15. The predicted octanol–water partition coefficient (Wildman–Crippen LogP) is 3.70. The Labute approximate surface area is 144 Å². The molecule has 0 amide bonds. The van der Waals surface area contributed by atoms with E-state index in [4.69, 9.17) is 0 Å². The highest BCUT2D eigenvalue weighted by Gasteiger charge is 2.28. The van der Waals surface area contributed by atoms with Crippen LogP contribution < -0.4 is 0 Å². The van der Waals surface area contributed by atoms with E-state index in [0.29, 0.717) is 0 Å². The average Bonchev–Trinajstić information content (AvgIpc) is 2.71. The fourth-order valence-electron chi connectivity index (χ4n) is 3.63. The number of benzene rings is 2. The number of rotatable bonds is 5. The van der Waals surface area contributed by atoms with Crippen molar-refractivity contribution in [1.82, 2.24) is 4.90 Å². The molecule has 3 rings (SSSR count).